The van der Waals surface area contributed by atoms with Crippen molar-refractivity contribution in [3.63, 3.8) is 0 Å². The van der Waals surface area contributed by atoms with Crippen LogP contribution in [0.25, 0.3) is 21.7 Å². The zero-order valence-corrected chi connectivity index (χ0v) is 47.8. The maximum Gasteiger partial charge on any atom is 0.246 e. The molecule has 0 unspecified atom stereocenters. The summed E-state index contributed by atoms with van der Waals surface area (Å²) in [6, 6.07) is 22.4. The topological polar surface area (TPSA) is 328 Å². The van der Waals surface area contributed by atoms with E-state index in [0.717, 1.165) is 27.2 Å². The summed E-state index contributed by atoms with van der Waals surface area (Å²) in [6.45, 7) is 0.283. The molecule has 0 radical (unpaired) electrons. The van der Waals surface area contributed by atoms with Crippen LogP contribution >= 0.6 is 36.9 Å². The Morgan fingerprint density at radius 2 is 1.20 bits per heavy atom. The number of halogens is 1. The number of fused-ring (bicyclic) bond motifs is 2. The molecular formula is C59H71ClN12O8S2. The number of para-hydroxylation sites is 1. The number of hydrogen-bond donors (Lipinski definition) is 13. The lowest BCUT2D eigenvalue weighted by Crippen LogP contribution is -2.64. The van der Waals surface area contributed by atoms with Crippen LogP contribution in [0.1, 0.15) is 67.2 Å². The van der Waals surface area contributed by atoms with Gasteiger partial charge in [-0.05, 0) is 96.3 Å². The summed E-state index contributed by atoms with van der Waals surface area (Å²) in [6.07, 6.45) is 7.49. The highest BCUT2D eigenvalue weighted by molar-refractivity contribution is 7.80. The number of aromatic amines is 1. The van der Waals surface area contributed by atoms with Crippen LogP contribution in [0.2, 0.25) is 5.02 Å². The quantitative estimate of drug-likeness (QED) is 0.0239. The minimum Gasteiger partial charge on any atom is -0.368 e. The smallest absolute Gasteiger partial charge is 0.246 e. The molecule has 0 bridgehead atoms. The van der Waals surface area contributed by atoms with Crippen molar-refractivity contribution in [2.75, 3.05) is 18.1 Å². The average Bonchev–Trinajstić information content (AvgIpc) is 4.33. The Morgan fingerprint density at radius 1 is 0.598 bits per heavy atom. The van der Waals surface area contributed by atoms with E-state index < -0.39 is 95.1 Å². The van der Waals surface area contributed by atoms with Gasteiger partial charge in [-0.3, -0.25) is 43.3 Å². The van der Waals surface area contributed by atoms with Crippen LogP contribution in [-0.4, -0.2) is 123 Å². The van der Waals surface area contributed by atoms with Gasteiger partial charge < -0.3 is 59.4 Å². The highest BCUT2D eigenvalue weighted by atomic mass is 35.5. The lowest BCUT2D eigenvalue weighted by atomic mass is 9.94. The molecule has 0 spiro atoms. The summed E-state index contributed by atoms with van der Waals surface area (Å²) in [4.78, 5) is 120. The Balaban J connectivity index is 1.06. The van der Waals surface area contributed by atoms with Crippen LogP contribution < -0.4 is 54.4 Å². The number of carbonyl (C=O) groups excluding carboxylic acids is 8. The molecule has 6 aromatic rings. The van der Waals surface area contributed by atoms with Crippen molar-refractivity contribution >= 4 is 106 Å². The summed E-state index contributed by atoms with van der Waals surface area (Å²) >= 11 is 15.2. The average molecular weight is 1180 g/mol. The van der Waals surface area contributed by atoms with Gasteiger partial charge in [-0.25, -0.2) is 0 Å². The molecule has 1 fully saturated rings. The van der Waals surface area contributed by atoms with E-state index in [1.165, 1.54) is 6.20 Å². The van der Waals surface area contributed by atoms with E-state index >= 15 is 0 Å². The second-order valence-corrected chi connectivity index (χ2v) is 21.7. The van der Waals surface area contributed by atoms with E-state index in [1.807, 2.05) is 66.7 Å². The normalized spacial score (nSPS) is 15.4. The zero-order valence-electron chi connectivity index (χ0n) is 45.2. The zero-order chi connectivity index (χ0) is 58.8. The summed E-state index contributed by atoms with van der Waals surface area (Å²) in [5.41, 5.74) is 20.0. The van der Waals surface area contributed by atoms with E-state index in [9.17, 15) is 38.4 Å². The minimum atomic E-state index is -1.44. The van der Waals surface area contributed by atoms with Gasteiger partial charge in [0, 0.05) is 65.3 Å². The fraction of sp³-hybridized carbons (Fsp3) is 0.373. The van der Waals surface area contributed by atoms with Crippen molar-refractivity contribution in [3.05, 3.63) is 149 Å². The number of nitrogens with one attached hydrogen (secondary N) is 8. The molecule has 434 valence electrons. The maximum absolute atomic E-state index is 14.7. The molecule has 0 aliphatic heterocycles. The number of primary amides is 1. The van der Waals surface area contributed by atoms with Gasteiger partial charge >= 0.3 is 0 Å². The predicted molar refractivity (Wildman–Crippen MR) is 321 cm³/mol. The number of carbonyl (C=O) groups is 8. The van der Waals surface area contributed by atoms with Crippen molar-refractivity contribution in [2.24, 2.45) is 17.2 Å². The number of amides is 8. The number of thiol groups is 2. The van der Waals surface area contributed by atoms with Gasteiger partial charge in [0.1, 0.15) is 41.8 Å². The fourth-order valence-corrected chi connectivity index (χ4v) is 10.8. The van der Waals surface area contributed by atoms with E-state index in [1.54, 1.807) is 48.8 Å². The first-order valence-corrected chi connectivity index (χ1v) is 28.9. The molecular weight excluding hydrogens is 1100 g/mol. The Morgan fingerprint density at radius 3 is 1.88 bits per heavy atom. The van der Waals surface area contributed by atoms with Gasteiger partial charge in [0.05, 0.1) is 6.04 Å². The van der Waals surface area contributed by atoms with Crippen molar-refractivity contribution in [1.82, 2.24) is 47.2 Å². The Labute approximate surface area is 491 Å². The van der Waals surface area contributed by atoms with Crippen LogP contribution in [0.5, 0.6) is 0 Å². The van der Waals surface area contributed by atoms with Crippen molar-refractivity contribution in [1.29, 1.82) is 0 Å². The third kappa shape index (κ3) is 16.8. The van der Waals surface area contributed by atoms with Crippen LogP contribution in [0.3, 0.4) is 0 Å². The van der Waals surface area contributed by atoms with Gasteiger partial charge in [-0.15, -0.1) is 0 Å². The molecule has 8 amide bonds. The molecule has 0 saturated heterocycles. The van der Waals surface area contributed by atoms with E-state index in [2.05, 4.69) is 72.4 Å². The number of aromatic nitrogens is 2. The molecule has 23 heteroatoms. The Hall–Kier alpha value is -7.50. The molecule has 1 aliphatic carbocycles. The summed E-state index contributed by atoms with van der Waals surface area (Å²) < 4.78 is 0. The number of H-pyrrole nitrogens is 1. The first kappa shape index (κ1) is 62.1. The first-order chi connectivity index (χ1) is 39.5. The molecule has 1 aliphatic rings. The SMILES string of the molecule is NCCCC[C@H](NC(=O)[C@@H](Cc1c[nH]c2ccccc12)NC(=O)[C@@H](CS)NC(=O)[C@H](Cc1cccnc1)NC(=O)[C@H](N)Cc1ccccc1Cl)C(=O)N[C@H](CS)C(=O)NC1(C(=O)N[C@@H](Cc2ccc3ccccc3c2)C(N)=O)CCCC1. The lowest BCUT2D eigenvalue weighted by molar-refractivity contribution is -0.137. The number of benzene rings is 4. The molecule has 7 atom stereocenters. The Kier molecular flexibility index (Phi) is 22.7. The summed E-state index contributed by atoms with van der Waals surface area (Å²) in [7, 11) is 0. The molecule has 20 nitrogen and oxygen atoms in total. The van der Waals surface area contributed by atoms with Crippen LogP contribution in [0.4, 0.5) is 0 Å². The third-order valence-electron chi connectivity index (χ3n) is 14.6. The molecule has 7 rings (SSSR count). The van der Waals surface area contributed by atoms with E-state index in [0.29, 0.717) is 47.4 Å². The number of hydrogen-bond acceptors (Lipinski definition) is 13. The lowest BCUT2D eigenvalue weighted by Gasteiger charge is -2.32. The summed E-state index contributed by atoms with van der Waals surface area (Å²) in [5, 5.41) is 22.5. The number of unbranched alkanes of at least 4 members (excludes halogenated alkanes) is 1. The van der Waals surface area contributed by atoms with Crippen LogP contribution in [0, 0.1) is 0 Å². The van der Waals surface area contributed by atoms with Crippen LogP contribution in [0.15, 0.2) is 122 Å². The predicted octanol–water partition coefficient (Wildman–Crippen LogP) is 2.78. The van der Waals surface area contributed by atoms with Gasteiger partial charge in [0.2, 0.25) is 47.3 Å². The highest BCUT2D eigenvalue weighted by Gasteiger charge is 2.45. The van der Waals surface area contributed by atoms with Gasteiger partial charge in [-0.2, -0.15) is 25.3 Å². The standard InChI is InChI=1S/C59H71ClN12O8S2/c60-42-17-5-3-15-39(42)29-43(62)52(74)67-47(28-36-12-11-25-64-31-36)54(76)69-49(33-81)56(78)68-48(30-40-32-65-44-18-6-4-16-41(40)44)55(77)66-45(19-7-10-24-61)53(75)70-50(34-82)57(79)72-59(22-8-9-23-59)58(80)71-46(51(63)73)27-35-20-21-37-13-1-2-14-38(37)26-35/h1-6,11-18,20-21,25-26,31-32,43,45-50,65,81-82H,7-10,19,22-24,27-30,33-34,61-62H2,(H2,63,73)(H,66,77)(H,67,74)(H,68,78)(H,69,76)(H,70,75)(H,71,80)(H,72,79)/t43-,45+,46+,47+,48-,49-,50-/m1/s1. The largest absolute Gasteiger partial charge is 0.368 e. The molecule has 1 saturated carbocycles. The number of rotatable bonds is 29. The first-order valence-electron chi connectivity index (χ1n) is 27.3. The fourth-order valence-electron chi connectivity index (χ4n) is 10.0. The van der Waals surface area contributed by atoms with Gasteiger partial charge in [0.25, 0.3) is 0 Å². The number of nitrogens with two attached hydrogens (primary N) is 3. The number of nitrogens with zero attached hydrogens (tertiary/aromatic N) is 1. The Bertz CT molecular complexity index is 3220. The second-order valence-electron chi connectivity index (χ2n) is 20.6. The summed E-state index contributed by atoms with van der Waals surface area (Å²) in [5.74, 6) is -6.24. The third-order valence-corrected chi connectivity index (χ3v) is 15.7. The maximum atomic E-state index is 14.7. The van der Waals surface area contributed by atoms with Crippen LogP contribution in [-0.2, 0) is 64.0 Å². The van der Waals surface area contributed by atoms with E-state index in [4.69, 9.17) is 28.8 Å². The number of pyridine rings is 1. The van der Waals surface area contributed by atoms with Gasteiger partial charge in [-0.1, -0.05) is 109 Å². The molecule has 2 heterocycles. The van der Waals surface area contributed by atoms with Crippen molar-refractivity contribution in [2.45, 2.75) is 118 Å². The molecule has 82 heavy (non-hydrogen) atoms. The molecule has 14 N–H and O–H groups in total. The molecule has 2 aromatic heterocycles. The van der Waals surface area contributed by atoms with Crippen molar-refractivity contribution in [3.8, 4) is 0 Å². The van der Waals surface area contributed by atoms with Gasteiger partial charge in [0.15, 0.2) is 0 Å². The monoisotopic (exact) mass is 1170 g/mol. The minimum absolute atomic E-state index is 0.0268. The van der Waals surface area contributed by atoms with Crippen molar-refractivity contribution < 1.29 is 38.4 Å². The highest BCUT2D eigenvalue weighted by Crippen LogP contribution is 2.31. The second kappa shape index (κ2) is 30.0. The van der Waals surface area contributed by atoms with E-state index in [-0.39, 0.29) is 63.0 Å². The molecule has 4 aromatic carbocycles.